The minimum atomic E-state index is -0.569. The van der Waals surface area contributed by atoms with Crippen molar-refractivity contribution in [3.63, 3.8) is 0 Å². The van der Waals surface area contributed by atoms with Gasteiger partial charge in [0.2, 0.25) is 5.91 Å². The first-order valence-corrected chi connectivity index (χ1v) is 4.92. The number of nitrogens with zero attached hydrogens (tertiary/aromatic N) is 3. The Labute approximate surface area is 92.8 Å². The molecule has 1 N–H and O–H groups in total. The number of methoxy groups -OCH3 is 1. The number of carbonyl (C=O) groups is 2. The van der Waals surface area contributed by atoms with Gasteiger partial charge in [-0.15, -0.1) is 5.10 Å². The van der Waals surface area contributed by atoms with E-state index in [4.69, 9.17) is 0 Å². The van der Waals surface area contributed by atoms with E-state index in [1.807, 2.05) is 6.92 Å². The van der Waals surface area contributed by atoms with E-state index in [0.717, 1.165) is 6.42 Å². The molecule has 1 rings (SSSR count). The topological polar surface area (TPSA) is 86.1 Å². The summed E-state index contributed by atoms with van der Waals surface area (Å²) in [5.41, 5.74) is 0.0887. The summed E-state index contributed by atoms with van der Waals surface area (Å²) in [4.78, 5) is 22.4. The van der Waals surface area contributed by atoms with Crippen molar-refractivity contribution < 1.29 is 14.3 Å². The van der Waals surface area contributed by atoms with Crippen molar-refractivity contribution in [1.82, 2.24) is 20.3 Å². The lowest BCUT2D eigenvalue weighted by Crippen LogP contribution is -2.28. The van der Waals surface area contributed by atoms with Crippen LogP contribution in [0, 0.1) is 0 Å². The summed E-state index contributed by atoms with van der Waals surface area (Å²) >= 11 is 0. The van der Waals surface area contributed by atoms with Crippen molar-refractivity contribution >= 4 is 11.9 Å². The highest BCUT2D eigenvalue weighted by Gasteiger charge is 2.11. The zero-order valence-corrected chi connectivity index (χ0v) is 9.27. The van der Waals surface area contributed by atoms with E-state index < -0.39 is 5.97 Å². The maximum atomic E-state index is 11.3. The maximum Gasteiger partial charge on any atom is 0.360 e. The SMILES string of the molecule is CCCNC(=O)Cn1cc(C(=O)OC)nn1. The number of hydrogen-bond acceptors (Lipinski definition) is 5. The lowest BCUT2D eigenvalue weighted by molar-refractivity contribution is -0.121. The number of hydrogen-bond donors (Lipinski definition) is 1. The lowest BCUT2D eigenvalue weighted by Gasteiger charge is -2.01. The molecule has 7 heteroatoms. The minimum absolute atomic E-state index is 0.0456. The lowest BCUT2D eigenvalue weighted by atomic mass is 10.4. The zero-order chi connectivity index (χ0) is 12.0. The van der Waals surface area contributed by atoms with Gasteiger partial charge in [-0.3, -0.25) is 4.79 Å². The third kappa shape index (κ3) is 3.34. The summed E-state index contributed by atoms with van der Waals surface area (Å²) in [5, 5.41) is 9.91. The third-order valence-electron chi connectivity index (χ3n) is 1.81. The molecule has 0 saturated heterocycles. The van der Waals surface area contributed by atoms with Gasteiger partial charge in [0.05, 0.1) is 13.3 Å². The molecular weight excluding hydrogens is 212 g/mol. The van der Waals surface area contributed by atoms with Crippen LogP contribution in [-0.2, 0) is 16.1 Å². The van der Waals surface area contributed by atoms with Crippen molar-refractivity contribution in [3.05, 3.63) is 11.9 Å². The van der Waals surface area contributed by atoms with Gasteiger partial charge >= 0.3 is 5.97 Å². The average Bonchev–Trinajstić information content (AvgIpc) is 2.73. The van der Waals surface area contributed by atoms with Crippen molar-refractivity contribution in [2.24, 2.45) is 0 Å². The van der Waals surface area contributed by atoms with Gasteiger partial charge in [-0.1, -0.05) is 12.1 Å². The van der Waals surface area contributed by atoms with Gasteiger partial charge in [-0.05, 0) is 6.42 Å². The summed E-state index contributed by atoms with van der Waals surface area (Å²) < 4.78 is 5.75. The molecule has 0 atom stereocenters. The van der Waals surface area contributed by atoms with Crippen LogP contribution in [0.15, 0.2) is 6.20 Å². The predicted octanol–water partition coefficient (Wildman–Crippen LogP) is -0.409. The number of nitrogens with one attached hydrogen (secondary N) is 1. The Kier molecular flexibility index (Phi) is 4.43. The molecule has 1 aromatic rings. The molecule has 1 heterocycles. The number of carbonyl (C=O) groups excluding carboxylic acids is 2. The average molecular weight is 226 g/mol. The molecule has 0 fully saturated rings. The van der Waals surface area contributed by atoms with E-state index in [1.54, 1.807) is 0 Å². The van der Waals surface area contributed by atoms with E-state index in [2.05, 4.69) is 20.4 Å². The zero-order valence-electron chi connectivity index (χ0n) is 9.27. The fourth-order valence-corrected chi connectivity index (χ4v) is 1.04. The van der Waals surface area contributed by atoms with Gasteiger partial charge in [0.15, 0.2) is 5.69 Å². The van der Waals surface area contributed by atoms with Crippen LogP contribution < -0.4 is 5.32 Å². The number of amides is 1. The Morgan fingerprint density at radius 3 is 2.94 bits per heavy atom. The highest BCUT2D eigenvalue weighted by molar-refractivity contribution is 5.86. The molecule has 88 valence electrons. The summed E-state index contributed by atoms with van der Waals surface area (Å²) in [7, 11) is 1.26. The second-order valence-electron chi connectivity index (χ2n) is 3.14. The highest BCUT2D eigenvalue weighted by atomic mass is 16.5. The Morgan fingerprint density at radius 1 is 1.56 bits per heavy atom. The largest absolute Gasteiger partial charge is 0.464 e. The molecule has 0 aliphatic rings. The monoisotopic (exact) mass is 226 g/mol. The van der Waals surface area contributed by atoms with E-state index >= 15 is 0 Å². The molecule has 1 aromatic heterocycles. The first-order chi connectivity index (χ1) is 7.67. The molecule has 0 aromatic carbocycles. The Morgan fingerprint density at radius 2 is 2.31 bits per heavy atom. The van der Waals surface area contributed by atoms with Crippen molar-refractivity contribution in [3.8, 4) is 0 Å². The highest BCUT2D eigenvalue weighted by Crippen LogP contribution is 1.95. The normalized spacial score (nSPS) is 9.88. The molecule has 0 spiro atoms. The molecule has 0 unspecified atom stereocenters. The van der Waals surface area contributed by atoms with Gasteiger partial charge < -0.3 is 10.1 Å². The second-order valence-corrected chi connectivity index (χ2v) is 3.14. The number of rotatable bonds is 5. The smallest absolute Gasteiger partial charge is 0.360 e. The minimum Gasteiger partial charge on any atom is -0.464 e. The van der Waals surface area contributed by atoms with Gasteiger partial charge in [0.25, 0.3) is 0 Å². The summed E-state index contributed by atoms with van der Waals surface area (Å²) in [6.07, 6.45) is 2.24. The molecule has 0 saturated carbocycles. The second kappa shape index (κ2) is 5.84. The Balaban J connectivity index is 2.52. The van der Waals surface area contributed by atoms with Crippen molar-refractivity contribution in [2.75, 3.05) is 13.7 Å². The van der Waals surface area contributed by atoms with E-state index in [0.29, 0.717) is 6.54 Å². The van der Waals surface area contributed by atoms with Crippen LogP contribution in [0.3, 0.4) is 0 Å². The van der Waals surface area contributed by atoms with Crippen LogP contribution in [0.4, 0.5) is 0 Å². The summed E-state index contributed by atoms with van der Waals surface area (Å²) in [6.45, 7) is 2.63. The molecule has 0 aliphatic carbocycles. The first-order valence-electron chi connectivity index (χ1n) is 4.92. The van der Waals surface area contributed by atoms with Crippen LogP contribution >= 0.6 is 0 Å². The van der Waals surface area contributed by atoms with E-state index in [1.165, 1.54) is 18.0 Å². The molecule has 0 radical (unpaired) electrons. The quantitative estimate of drug-likeness (QED) is 0.690. The van der Waals surface area contributed by atoms with Gasteiger partial charge in [-0.2, -0.15) is 0 Å². The Bertz CT molecular complexity index is 375. The molecule has 7 nitrogen and oxygen atoms in total. The fraction of sp³-hybridized carbons (Fsp3) is 0.556. The summed E-state index contributed by atoms with van der Waals surface area (Å²) in [6, 6.07) is 0. The maximum absolute atomic E-state index is 11.3. The van der Waals surface area contributed by atoms with Crippen LogP contribution in [0.2, 0.25) is 0 Å². The van der Waals surface area contributed by atoms with Gasteiger partial charge in [-0.25, -0.2) is 9.48 Å². The van der Waals surface area contributed by atoms with Crippen molar-refractivity contribution in [2.45, 2.75) is 19.9 Å². The number of ether oxygens (including phenoxy) is 1. The third-order valence-corrected chi connectivity index (χ3v) is 1.81. The predicted molar refractivity (Wildman–Crippen MR) is 54.7 cm³/mol. The molecule has 1 amide bonds. The first kappa shape index (κ1) is 12.2. The van der Waals surface area contributed by atoms with Crippen LogP contribution in [-0.4, -0.2) is 40.5 Å². The van der Waals surface area contributed by atoms with Crippen LogP contribution in [0.5, 0.6) is 0 Å². The van der Waals surface area contributed by atoms with Crippen molar-refractivity contribution in [1.29, 1.82) is 0 Å². The van der Waals surface area contributed by atoms with Gasteiger partial charge in [0.1, 0.15) is 6.54 Å². The summed E-state index contributed by atoms with van der Waals surface area (Å²) in [5.74, 6) is -0.733. The Hall–Kier alpha value is -1.92. The molecule has 0 bridgehead atoms. The van der Waals surface area contributed by atoms with E-state index in [9.17, 15) is 9.59 Å². The fourth-order valence-electron chi connectivity index (χ4n) is 1.04. The van der Waals surface area contributed by atoms with Crippen LogP contribution in [0.25, 0.3) is 0 Å². The standard InChI is InChI=1S/C9H14N4O3/c1-3-4-10-8(14)6-13-5-7(11-12-13)9(15)16-2/h5H,3-4,6H2,1-2H3,(H,10,14). The molecular formula is C9H14N4O3. The number of esters is 1. The van der Waals surface area contributed by atoms with Gasteiger partial charge in [0, 0.05) is 6.54 Å². The molecule has 0 aliphatic heterocycles. The van der Waals surface area contributed by atoms with E-state index in [-0.39, 0.29) is 18.1 Å². The molecule has 16 heavy (non-hydrogen) atoms. The van der Waals surface area contributed by atoms with Crippen LogP contribution in [0.1, 0.15) is 23.8 Å². The number of aromatic nitrogens is 3.